The van der Waals surface area contributed by atoms with E-state index in [1.807, 2.05) is 6.92 Å². The van der Waals surface area contributed by atoms with Gasteiger partial charge in [0.2, 0.25) is 5.91 Å². The first-order valence-electron chi connectivity index (χ1n) is 8.41. The largest absolute Gasteiger partial charge is 0.452 e. The molecular weight excluding hydrogens is 352 g/mol. The van der Waals surface area contributed by atoms with Crippen LogP contribution in [-0.4, -0.2) is 59.5 Å². The van der Waals surface area contributed by atoms with Crippen molar-refractivity contribution in [3.05, 3.63) is 39.8 Å². The van der Waals surface area contributed by atoms with Gasteiger partial charge in [-0.25, -0.2) is 9.78 Å². The summed E-state index contributed by atoms with van der Waals surface area (Å²) in [5.41, 5.74) is 1.49. The Hall–Kier alpha value is -3.23. The van der Waals surface area contributed by atoms with Gasteiger partial charge in [-0.1, -0.05) is 0 Å². The van der Waals surface area contributed by atoms with Crippen LogP contribution in [0.5, 0.6) is 0 Å². The SMILES string of the molecule is CCn1c(=O)c(C)nc2cc(C(=O)OCC(=O)N(C)CC(=O)NC)ccc21. The highest BCUT2D eigenvalue weighted by molar-refractivity contribution is 5.95. The molecule has 0 saturated heterocycles. The topological polar surface area (TPSA) is 111 Å². The number of fused-ring (bicyclic) bond motifs is 1. The molecule has 1 aromatic heterocycles. The fourth-order valence-electron chi connectivity index (χ4n) is 2.52. The Morgan fingerprint density at radius 1 is 1.30 bits per heavy atom. The highest BCUT2D eigenvalue weighted by Gasteiger charge is 2.16. The first-order valence-corrected chi connectivity index (χ1v) is 8.41. The van der Waals surface area contributed by atoms with Gasteiger partial charge >= 0.3 is 5.97 Å². The first kappa shape index (κ1) is 20.1. The zero-order valence-corrected chi connectivity index (χ0v) is 15.7. The predicted molar refractivity (Wildman–Crippen MR) is 98.4 cm³/mol. The van der Waals surface area contributed by atoms with Crippen LogP contribution in [0.1, 0.15) is 23.0 Å². The van der Waals surface area contributed by atoms with E-state index in [-0.39, 0.29) is 23.6 Å². The number of esters is 1. The second-order valence-corrected chi connectivity index (χ2v) is 5.95. The van der Waals surface area contributed by atoms with E-state index in [0.29, 0.717) is 23.3 Å². The van der Waals surface area contributed by atoms with Crippen molar-refractivity contribution in [1.29, 1.82) is 0 Å². The molecule has 0 aliphatic heterocycles. The maximum absolute atomic E-state index is 12.2. The third kappa shape index (κ3) is 4.49. The van der Waals surface area contributed by atoms with Gasteiger partial charge in [0.1, 0.15) is 5.69 Å². The molecule has 1 N–H and O–H groups in total. The van der Waals surface area contributed by atoms with Crippen LogP contribution < -0.4 is 10.9 Å². The van der Waals surface area contributed by atoms with Crippen LogP contribution in [0.4, 0.5) is 0 Å². The van der Waals surface area contributed by atoms with E-state index >= 15 is 0 Å². The number of carbonyl (C=O) groups is 3. The number of amides is 2. The lowest BCUT2D eigenvalue weighted by Crippen LogP contribution is -2.39. The van der Waals surface area contributed by atoms with Gasteiger partial charge in [0, 0.05) is 20.6 Å². The Kier molecular flexibility index (Phi) is 6.27. The van der Waals surface area contributed by atoms with Gasteiger partial charge in [-0.2, -0.15) is 0 Å². The fraction of sp³-hybridized carbons (Fsp3) is 0.389. The number of aromatic nitrogens is 2. The molecule has 0 aliphatic carbocycles. The highest BCUT2D eigenvalue weighted by Crippen LogP contribution is 2.14. The lowest BCUT2D eigenvalue weighted by atomic mass is 10.2. The second kappa shape index (κ2) is 8.43. The quantitative estimate of drug-likeness (QED) is 0.717. The van der Waals surface area contributed by atoms with Gasteiger partial charge in [-0.3, -0.25) is 14.4 Å². The predicted octanol–water partition coefficient (Wildman–Crippen LogP) is 0.0860. The maximum Gasteiger partial charge on any atom is 0.338 e. The zero-order valence-electron chi connectivity index (χ0n) is 15.7. The van der Waals surface area contributed by atoms with Gasteiger partial charge in [0.15, 0.2) is 6.61 Å². The number of ether oxygens (including phenoxy) is 1. The average Bonchev–Trinajstić information content (AvgIpc) is 2.66. The smallest absolute Gasteiger partial charge is 0.338 e. The maximum atomic E-state index is 12.2. The Morgan fingerprint density at radius 3 is 2.63 bits per heavy atom. The summed E-state index contributed by atoms with van der Waals surface area (Å²) in [5.74, 6) is -1.51. The molecule has 1 heterocycles. The highest BCUT2D eigenvalue weighted by atomic mass is 16.5. The summed E-state index contributed by atoms with van der Waals surface area (Å²) >= 11 is 0. The number of aryl methyl sites for hydroxylation is 2. The van der Waals surface area contributed by atoms with Crippen LogP contribution in [0.15, 0.2) is 23.0 Å². The summed E-state index contributed by atoms with van der Waals surface area (Å²) in [6.07, 6.45) is 0. The number of carbonyl (C=O) groups excluding carboxylic acids is 3. The number of hydrogen-bond acceptors (Lipinski definition) is 6. The van der Waals surface area contributed by atoms with Crippen molar-refractivity contribution in [2.75, 3.05) is 27.2 Å². The van der Waals surface area contributed by atoms with Crippen LogP contribution in [0.3, 0.4) is 0 Å². The summed E-state index contributed by atoms with van der Waals surface area (Å²) < 4.78 is 6.60. The van der Waals surface area contributed by atoms with Crippen LogP contribution >= 0.6 is 0 Å². The molecule has 0 spiro atoms. The van der Waals surface area contributed by atoms with E-state index in [1.54, 1.807) is 17.6 Å². The third-order valence-corrected chi connectivity index (χ3v) is 4.07. The van der Waals surface area contributed by atoms with Gasteiger partial charge < -0.3 is 19.5 Å². The van der Waals surface area contributed by atoms with Crippen molar-refractivity contribution in [1.82, 2.24) is 19.8 Å². The Bertz CT molecular complexity index is 951. The van der Waals surface area contributed by atoms with E-state index in [1.165, 1.54) is 26.2 Å². The molecule has 144 valence electrons. The van der Waals surface area contributed by atoms with Crippen molar-refractivity contribution in [2.45, 2.75) is 20.4 Å². The fourth-order valence-corrected chi connectivity index (χ4v) is 2.52. The van der Waals surface area contributed by atoms with Gasteiger partial charge in [0.25, 0.3) is 11.5 Å². The summed E-state index contributed by atoms with van der Waals surface area (Å²) in [4.78, 5) is 52.9. The van der Waals surface area contributed by atoms with E-state index < -0.39 is 18.5 Å². The van der Waals surface area contributed by atoms with E-state index in [4.69, 9.17) is 4.74 Å². The van der Waals surface area contributed by atoms with Crippen molar-refractivity contribution in [3.8, 4) is 0 Å². The summed E-state index contributed by atoms with van der Waals surface area (Å²) in [6, 6.07) is 4.67. The van der Waals surface area contributed by atoms with Crippen LogP contribution in [0.25, 0.3) is 11.0 Å². The summed E-state index contributed by atoms with van der Waals surface area (Å²) in [7, 11) is 2.91. The van der Waals surface area contributed by atoms with Crippen molar-refractivity contribution in [2.24, 2.45) is 0 Å². The standard InChI is InChI=1S/C18H22N4O5/c1-5-22-14-7-6-12(8-13(14)20-11(2)17(22)25)18(26)27-10-16(24)21(4)9-15(23)19-3/h6-8H,5,9-10H2,1-4H3,(H,19,23). The third-order valence-electron chi connectivity index (χ3n) is 4.07. The molecular formula is C18H22N4O5. The van der Waals surface area contributed by atoms with Gasteiger partial charge in [0.05, 0.1) is 23.1 Å². The molecule has 0 atom stereocenters. The van der Waals surface area contributed by atoms with Crippen molar-refractivity contribution in [3.63, 3.8) is 0 Å². The van der Waals surface area contributed by atoms with E-state index in [0.717, 1.165) is 4.90 Å². The van der Waals surface area contributed by atoms with Gasteiger partial charge in [-0.05, 0) is 32.0 Å². The normalized spacial score (nSPS) is 10.5. The first-order chi connectivity index (χ1) is 12.8. The van der Waals surface area contributed by atoms with E-state index in [9.17, 15) is 19.2 Å². The molecule has 27 heavy (non-hydrogen) atoms. The number of nitrogens with zero attached hydrogens (tertiary/aromatic N) is 3. The minimum atomic E-state index is -0.688. The van der Waals surface area contributed by atoms with Crippen molar-refractivity contribution >= 4 is 28.8 Å². The molecule has 0 fully saturated rings. The zero-order chi connectivity index (χ0) is 20.1. The number of hydrogen-bond donors (Lipinski definition) is 1. The molecule has 0 saturated carbocycles. The Labute approximate surface area is 155 Å². The van der Waals surface area contributed by atoms with Crippen LogP contribution in [-0.2, 0) is 20.9 Å². The van der Waals surface area contributed by atoms with Crippen LogP contribution in [0, 0.1) is 6.92 Å². The molecule has 2 amide bonds. The molecule has 9 nitrogen and oxygen atoms in total. The van der Waals surface area contributed by atoms with Crippen LogP contribution in [0.2, 0.25) is 0 Å². The lowest BCUT2D eigenvalue weighted by Gasteiger charge is -2.16. The molecule has 1 aromatic carbocycles. The number of nitrogens with one attached hydrogen (secondary N) is 1. The second-order valence-electron chi connectivity index (χ2n) is 5.95. The number of likely N-dealkylation sites (N-methyl/N-ethyl adjacent to an activating group) is 2. The summed E-state index contributed by atoms with van der Waals surface area (Å²) in [5, 5.41) is 2.40. The molecule has 2 aromatic rings. The molecule has 0 bridgehead atoms. The molecule has 0 aliphatic rings. The van der Waals surface area contributed by atoms with E-state index in [2.05, 4.69) is 10.3 Å². The lowest BCUT2D eigenvalue weighted by molar-refractivity contribution is -0.137. The average molecular weight is 374 g/mol. The molecule has 9 heteroatoms. The molecule has 2 rings (SSSR count). The van der Waals surface area contributed by atoms with Gasteiger partial charge in [-0.15, -0.1) is 0 Å². The monoisotopic (exact) mass is 374 g/mol. The Morgan fingerprint density at radius 2 is 2.00 bits per heavy atom. The minimum absolute atomic E-state index is 0.124. The Balaban J connectivity index is 2.14. The number of benzene rings is 1. The molecule has 0 unspecified atom stereocenters. The number of rotatable bonds is 6. The minimum Gasteiger partial charge on any atom is -0.452 e. The van der Waals surface area contributed by atoms with Crippen molar-refractivity contribution < 1.29 is 19.1 Å². The molecule has 0 radical (unpaired) electrons. The summed E-state index contributed by atoms with van der Waals surface area (Å²) in [6.45, 7) is 3.34.